The molecule has 0 unspecified atom stereocenters. The molecule has 5 nitrogen and oxygen atoms in total. The van der Waals surface area contributed by atoms with Crippen LogP contribution in [-0.4, -0.2) is 62.3 Å². The lowest BCUT2D eigenvalue weighted by Gasteiger charge is -2.35. The standard InChI is InChI=1S/C23H35NO4S/c1-29(26,27)12-11-24-15-19-13-22(25)23(14-20(19)16-24)28-21-9-7-18(8-10-21)17-5-3-2-4-6-17/h7-10,17,19-20,22-23,25H,2-6,11-16H2,1H3/t19-,20+,22+,23+/m0/s1. The maximum atomic E-state index is 11.4. The van der Waals surface area contributed by atoms with Crippen molar-refractivity contribution in [3.05, 3.63) is 29.8 Å². The smallest absolute Gasteiger partial charge is 0.148 e. The SMILES string of the molecule is CS(=O)(=O)CCN1C[C@H]2C[C@@H](Oc3ccc(C4CCCCC4)cc3)[C@H](O)C[C@H]2C1. The number of rotatable bonds is 6. The maximum absolute atomic E-state index is 11.4. The average molecular weight is 422 g/mol. The van der Waals surface area contributed by atoms with Gasteiger partial charge in [0.1, 0.15) is 21.7 Å². The Bertz CT molecular complexity index is 773. The Morgan fingerprint density at radius 1 is 1.03 bits per heavy atom. The molecule has 162 valence electrons. The fraction of sp³-hybridized carbons (Fsp3) is 0.739. The van der Waals surface area contributed by atoms with Crippen molar-refractivity contribution in [1.82, 2.24) is 4.90 Å². The fourth-order valence-electron chi connectivity index (χ4n) is 5.52. The van der Waals surface area contributed by atoms with Gasteiger partial charge < -0.3 is 14.7 Å². The molecule has 6 heteroatoms. The van der Waals surface area contributed by atoms with Crippen LogP contribution in [0.3, 0.4) is 0 Å². The molecule has 3 aliphatic rings. The Labute approximate surface area is 175 Å². The zero-order chi connectivity index (χ0) is 20.4. The molecule has 1 aromatic carbocycles. The van der Waals surface area contributed by atoms with E-state index in [0.717, 1.165) is 31.7 Å². The minimum atomic E-state index is -2.93. The van der Waals surface area contributed by atoms with Gasteiger partial charge in [-0.1, -0.05) is 31.4 Å². The maximum Gasteiger partial charge on any atom is 0.148 e. The van der Waals surface area contributed by atoms with Gasteiger partial charge in [0.05, 0.1) is 11.9 Å². The Kier molecular flexibility index (Phi) is 6.52. The lowest BCUT2D eigenvalue weighted by molar-refractivity contribution is -0.0231. The van der Waals surface area contributed by atoms with Gasteiger partial charge in [0.2, 0.25) is 0 Å². The Hall–Kier alpha value is -1.11. The molecule has 0 amide bonds. The highest BCUT2D eigenvalue weighted by Crippen LogP contribution is 2.38. The van der Waals surface area contributed by atoms with Crippen LogP contribution in [0.25, 0.3) is 0 Å². The van der Waals surface area contributed by atoms with Crippen molar-refractivity contribution in [2.75, 3.05) is 31.6 Å². The van der Waals surface area contributed by atoms with Crippen LogP contribution in [0.2, 0.25) is 0 Å². The molecule has 0 radical (unpaired) electrons. The van der Waals surface area contributed by atoms with Gasteiger partial charge in [0.25, 0.3) is 0 Å². The molecule has 0 aromatic heterocycles. The highest BCUT2D eigenvalue weighted by molar-refractivity contribution is 7.90. The van der Waals surface area contributed by atoms with Crippen LogP contribution in [0.1, 0.15) is 56.4 Å². The van der Waals surface area contributed by atoms with Crippen molar-refractivity contribution in [3.8, 4) is 5.75 Å². The Morgan fingerprint density at radius 2 is 1.69 bits per heavy atom. The summed E-state index contributed by atoms with van der Waals surface area (Å²) in [7, 11) is -2.93. The summed E-state index contributed by atoms with van der Waals surface area (Å²) in [5.74, 6) is 2.67. The number of sulfone groups is 1. The minimum absolute atomic E-state index is 0.174. The van der Waals surface area contributed by atoms with Gasteiger partial charge >= 0.3 is 0 Å². The predicted molar refractivity (Wildman–Crippen MR) is 115 cm³/mol. The van der Waals surface area contributed by atoms with Crippen molar-refractivity contribution in [3.63, 3.8) is 0 Å². The van der Waals surface area contributed by atoms with Crippen LogP contribution in [-0.2, 0) is 9.84 Å². The number of nitrogens with zero attached hydrogens (tertiary/aromatic N) is 1. The molecule has 1 heterocycles. The quantitative estimate of drug-likeness (QED) is 0.764. The first-order valence-electron chi connectivity index (χ1n) is 11.2. The zero-order valence-corrected chi connectivity index (χ0v) is 18.3. The van der Waals surface area contributed by atoms with Gasteiger partial charge in [-0.15, -0.1) is 0 Å². The van der Waals surface area contributed by atoms with Crippen molar-refractivity contribution in [2.24, 2.45) is 11.8 Å². The molecular formula is C23H35NO4S. The summed E-state index contributed by atoms with van der Waals surface area (Å²) in [6, 6.07) is 8.53. The lowest BCUT2D eigenvalue weighted by Crippen LogP contribution is -2.42. The normalized spacial score (nSPS) is 31.5. The third-order valence-electron chi connectivity index (χ3n) is 7.18. The number of hydrogen-bond donors (Lipinski definition) is 1. The van der Waals surface area contributed by atoms with Crippen LogP contribution in [0, 0.1) is 11.8 Å². The number of aliphatic hydroxyl groups excluding tert-OH is 1. The van der Waals surface area contributed by atoms with Crippen LogP contribution in [0.15, 0.2) is 24.3 Å². The van der Waals surface area contributed by atoms with E-state index in [0.29, 0.717) is 24.3 Å². The van der Waals surface area contributed by atoms with E-state index in [9.17, 15) is 13.5 Å². The van der Waals surface area contributed by atoms with Gasteiger partial charge in [-0.2, -0.15) is 0 Å². The third kappa shape index (κ3) is 5.53. The van der Waals surface area contributed by atoms with E-state index in [2.05, 4.69) is 29.2 Å². The molecule has 4 rings (SSSR count). The molecule has 2 aliphatic carbocycles. The summed E-state index contributed by atoms with van der Waals surface area (Å²) in [5, 5.41) is 10.6. The van der Waals surface area contributed by atoms with E-state index in [-0.39, 0.29) is 11.9 Å². The molecule has 1 N–H and O–H groups in total. The highest BCUT2D eigenvalue weighted by Gasteiger charge is 2.42. The van der Waals surface area contributed by atoms with Crippen molar-refractivity contribution in [1.29, 1.82) is 0 Å². The first-order valence-corrected chi connectivity index (χ1v) is 13.3. The van der Waals surface area contributed by atoms with Crippen LogP contribution >= 0.6 is 0 Å². The van der Waals surface area contributed by atoms with E-state index in [1.807, 2.05) is 0 Å². The van der Waals surface area contributed by atoms with Gasteiger partial charge in [0, 0.05) is 25.9 Å². The number of fused-ring (bicyclic) bond motifs is 1. The van der Waals surface area contributed by atoms with Crippen molar-refractivity contribution >= 4 is 9.84 Å². The molecule has 3 fully saturated rings. The molecule has 1 aromatic rings. The molecule has 1 aliphatic heterocycles. The zero-order valence-electron chi connectivity index (χ0n) is 17.5. The summed E-state index contributed by atoms with van der Waals surface area (Å²) >= 11 is 0. The number of likely N-dealkylation sites (tertiary alicyclic amines) is 1. The van der Waals surface area contributed by atoms with Gasteiger partial charge in [-0.05, 0) is 61.1 Å². The number of aliphatic hydroxyl groups is 1. The summed E-state index contributed by atoms with van der Waals surface area (Å²) in [5.41, 5.74) is 1.42. The minimum Gasteiger partial charge on any atom is -0.488 e. The first-order chi connectivity index (χ1) is 13.9. The van der Waals surface area contributed by atoms with E-state index >= 15 is 0 Å². The van der Waals surface area contributed by atoms with Crippen molar-refractivity contribution in [2.45, 2.75) is 63.1 Å². The van der Waals surface area contributed by atoms with E-state index < -0.39 is 15.9 Å². The second-order valence-electron chi connectivity index (χ2n) is 9.51. The van der Waals surface area contributed by atoms with Crippen LogP contribution in [0.4, 0.5) is 0 Å². The van der Waals surface area contributed by atoms with E-state index in [1.54, 1.807) is 0 Å². The van der Waals surface area contributed by atoms with Crippen LogP contribution in [0.5, 0.6) is 5.75 Å². The second kappa shape index (κ2) is 8.94. The average Bonchev–Trinajstić information content (AvgIpc) is 3.09. The largest absolute Gasteiger partial charge is 0.488 e. The molecular weight excluding hydrogens is 386 g/mol. The van der Waals surface area contributed by atoms with Gasteiger partial charge in [0.15, 0.2) is 0 Å². The first kappa shape index (κ1) is 21.1. The summed E-state index contributed by atoms with van der Waals surface area (Å²) in [6.45, 7) is 2.39. The topological polar surface area (TPSA) is 66.8 Å². The van der Waals surface area contributed by atoms with Crippen LogP contribution < -0.4 is 4.74 Å². The predicted octanol–water partition coefficient (Wildman–Crippen LogP) is 3.23. The second-order valence-corrected chi connectivity index (χ2v) is 11.8. The molecule has 0 spiro atoms. The number of hydrogen-bond acceptors (Lipinski definition) is 5. The molecule has 1 saturated heterocycles. The Morgan fingerprint density at radius 3 is 2.34 bits per heavy atom. The molecule has 0 bridgehead atoms. The monoisotopic (exact) mass is 421 g/mol. The fourth-order valence-corrected chi connectivity index (χ4v) is 6.11. The summed E-state index contributed by atoms with van der Waals surface area (Å²) in [6.07, 6.45) is 8.86. The third-order valence-corrected chi connectivity index (χ3v) is 8.11. The summed E-state index contributed by atoms with van der Waals surface area (Å²) in [4.78, 5) is 2.24. The molecule has 29 heavy (non-hydrogen) atoms. The van der Waals surface area contributed by atoms with Crippen molar-refractivity contribution < 1.29 is 18.3 Å². The lowest BCUT2D eigenvalue weighted by atomic mass is 9.78. The number of benzene rings is 1. The van der Waals surface area contributed by atoms with Gasteiger partial charge in [-0.3, -0.25) is 0 Å². The van der Waals surface area contributed by atoms with Gasteiger partial charge in [-0.25, -0.2) is 8.42 Å². The van der Waals surface area contributed by atoms with E-state index in [4.69, 9.17) is 4.74 Å². The number of ether oxygens (including phenoxy) is 1. The molecule has 2 saturated carbocycles. The van der Waals surface area contributed by atoms with E-state index in [1.165, 1.54) is 43.9 Å². The Balaban J connectivity index is 1.32. The summed E-state index contributed by atoms with van der Waals surface area (Å²) < 4.78 is 29.1. The molecule has 4 atom stereocenters. The highest BCUT2D eigenvalue weighted by atomic mass is 32.2.